The van der Waals surface area contributed by atoms with Crippen molar-refractivity contribution in [2.24, 2.45) is 0 Å². The zero-order chi connectivity index (χ0) is 26.3. The molecule has 0 saturated carbocycles. The molecule has 0 radical (unpaired) electrons. The maximum atomic E-state index is 13.5. The second kappa shape index (κ2) is 9.55. The van der Waals surface area contributed by atoms with E-state index >= 15 is 0 Å². The molecule has 0 unspecified atom stereocenters. The second-order valence-electron chi connectivity index (χ2n) is 8.90. The summed E-state index contributed by atoms with van der Waals surface area (Å²) in [6.07, 6.45) is -2.69. The fraction of sp³-hybridized carbons (Fsp3) is 0.214. The number of rotatable bonds is 5. The highest BCUT2D eigenvalue weighted by Crippen LogP contribution is 2.44. The Kier molecular flexibility index (Phi) is 6.41. The Morgan fingerprint density at radius 1 is 0.946 bits per heavy atom. The van der Waals surface area contributed by atoms with Crippen molar-refractivity contribution in [1.82, 2.24) is 14.9 Å². The normalized spacial score (nSPS) is 17.7. The van der Waals surface area contributed by atoms with Gasteiger partial charge in [-0.2, -0.15) is 13.2 Å². The fourth-order valence-corrected chi connectivity index (χ4v) is 5.34. The van der Waals surface area contributed by atoms with Crippen LogP contribution in [0.25, 0.3) is 5.69 Å². The number of aryl methyl sites for hydroxylation is 1. The topological polar surface area (TPSA) is 42.3 Å². The van der Waals surface area contributed by atoms with Crippen LogP contribution in [0.4, 0.5) is 18.9 Å². The third-order valence-corrected chi connectivity index (χ3v) is 6.98. The molecule has 1 N–H and O–H groups in total. The highest BCUT2D eigenvalue weighted by molar-refractivity contribution is 7.80. The van der Waals surface area contributed by atoms with E-state index in [-0.39, 0.29) is 12.1 Å². The van der Waals surface area contributed by atoms with Crippen LogP contribution >= 0.6 is 12.2 Å². The summed E-state index contributed by atoms with van der Waals surface area (Å²) in [6, 6.07) is 20.2. The van der Waals surface area contributed by atoms with Crippen LogP contribution in [0.1, 0.15) is 40.3 Å². The first-order chi connectivity index (χ1) is 17.7. The number of thiocarbonyl (C=S) groups is 1. The first kappa shape index (κ1) is 24.8. The van der Waals surface area contributed by atoms with Gasteiger partial charge in [0.25, 0.3) is 0 Å². The molecule has 2 aromatic carbocycles. The Bertz CT molecular complexity index is 1430. The van der Waals surface area contributed by atoms with E-state index in [1.807, 2.05) is 71.8 Å². The Morgan fingerprint density at radius 2 is 1.70 bits per heavy atom. The SMILES string of the molecule is COc1ccc(N2C(=S)N[C@H](c3ccccn3)[C@H]2c2cc(C)n(-c3cccc(C(F)(F)F)c3)c2C)cc1. The molecule has 3 heterocycles. The van der Waals surface area contributed by atoms with Crippen molar-refractivity contribution in [2.75, 3.05) is 12.0 Å². The van der Waals surface area contributed by atoms with Crippen LogP contribution in [0.15, 0.2) is 79.0 Å². The molecule has 5 rings (SSSR count). The van der Waals surface area contributed by atoms with Crippen molar-refractivity contribution in [3.05, 3.63) is 107 Å². The lowest BCUT2D eigenvalue weighted by Crippen LogP contribution is -2.29. The third-order valence-electron chi connectivity index (χ3n) is 6.67. The molecule has 1 aliphatic rings. The average Bonchev–Trinajstić information content (AvgIpc) is 3.39. The molecule has 37 heavy (non-hydrogen) atoms. The lowest BCUT2D eigenvalue weighted by Gasteiger charge is -2.28. The summed E-state index contributed by atoms with van der Waals surface area (Å²) in [6.45, 7) is 3.82. The molecule has 0 spiro atoms. The minimum Gasteiger partial charge on any atom is -0.497 e. The zero-order valence-electron chi connectivity index (χ0n) is 20.5. The number of nitrogens with one attached hydrogen (secondary N) is 1. The number of methoxy groups -OCH3 is 1. The van der Waals surface area contributed by atoms with Gasteiger partial charge in [0.05, 0.1) is 30.5 Å². The number of hydrogen-bond donors (Lipinski definition) is 1. The predicted molar refractivity (Wildman–Crippen MR) is 141 cm³/mol. The largest absolute Gasteiger partial charge is 0.497 e. The Labute approximate surface area is 218 Å². The van der Waals surface area contributed by atoms with Crippen molar-refractivity contribution < 1.29 is 17.9 Å². The van der Waals surface area contributed by atoms with Gasteiger partial charge in [0, 0.05) is 29.0 Å². The van der Waals surface area contributed by atoms with E-state index < -0.39 is 11.7 Å². The molecule has 4 aromatic rings. The van der Waals surface area contributed by atoms with Crippen molar-refractivity contribution in [3.63, 3.8) is 0 Å². The van der Waals surface area contributed by atoms with Crippen LogP contribution in [0.2, 0.25) is 0 Å². The number of pyridine rings is 1. The Hall–Kier alpha value is -3.85. The minimum absolute atomic E-state index is 0.272. The first-order valence-corrected chi connectivity index (χ1v) is 12.1. The first-order valence-electron chi connectivity index (χ1n) is 11.7. The van der Waals surface area contributed by atoms with Crippen LogP contribution in [-0.2, 0) is 6.18 Å². The smallest absolute Gasteiger partial charge is 0.416 e. The summed E-state index contributed by atoms with van der Waals surface area (Å²) in [7, 11) is 1.61. The van der Waals surface area contributed by atoms with Crippen LogP contribution in [-0.4, -0.2) is 21.8 Å². The van der Waals surface area contributed by atoms with E-state index in [9.17, 15) is 13.2 Å². The predicted octanol–water partition coefficient (Wildman–Crippen LogP) is 6.69. The van der Waals surface area contributed by atoms with Gasteiger partial charge < -0.3 is 19.5 Å². The molecule has 2 atom stereocenters. The third kappa shape index (κ3) is 4.55. The number of nitrogens with zero attached hydrogens (tertiary/aromatic N) is 3. The van der Waals surface area contributed by atoms with E-state index in [1.54, 1.807) is 19.4 Å². The van der Waals surface area contributed by atoms with E-state index in [4.69, 9.17) is 17.0 Å². The van der Waals surface area contributed by atoms with Gasteiger partial charge in [0.15, 0.2) is 5.11 Å². The van der Waals surface area contributed by atoms with Crippen LogP contribution in [0.5, 0.6) is 5.75 Å². The maximum absolute atomic E-state index is 13.5. The van der Waals surface area contributed by atoms with E-state index in [0.29, 0.717) is 10.8 Å². The van der Waals surface area contributed by atoms with Gasteiger partial charge in [-0.05, 0) is 92.3 Å². The number of halogens is 3. The monoisotopic (exact) mass is 522 g/mol. The standard InChI is InChI=1S/C28H25F3N4OS/c1-17-15-23(18(2)34(17)21-8-6-7-19(16-21)28(29,30)31)26-25(24-9-4-5-14-32-24)33-27(37)35(26)20-10-12-22(36-3)13-11-20/h4-16,25-26H,1-3H3,(H,33,37)/t25-,26-/m1/s1. The average molecular weight is 523 g/mol. The summed E-state index contributed by atoms with van der Waals surface area (Å²) in [4.78, 5) is 6.62. The number of anilines is 1. The second-order valence-corrected chi connectivity index (χ2v) is 9.29. The maximum Gasteiger partial charge on any atom is 0.416 e. The molecule has 2 aromatic heterocycles. The lowest BCUT2D eigenvalue weighted by molar-refractivity contribution is -0.137. The van der Waals surface area contributed by atoms with E-state index in [2.05, 4.69) is 10.3 Å². The van der Waals surface area contributed by atoms with Gasteiger partial charge >= 0.3 is 6.18 Å². The quantitative estimate of drug-likeness (QED) is 0.296. The summed E-state index contributed by atoms with van der Waals surface area (Å²) in [5.41, 5.74) is 4.03. The van der Waals surface area contributed by atoms with Crippen molar-refractivity contribution in [2.45, 2.75) is 32.1 Å². The molecule has 1 fully saturated rings. The lowest BCUT2D eigenvalue weighted by atomic mass is 9.96. The number of hydrogen-bond acceptors (Lipinski definition) is 3. The number of ether oxygens (including phenoxy) is 1. The van der Waals surface area contributed by atoms with Crippen LogP contribution < -0.4 is 15.0 Å². The summed E-state index contributed by atoms with van der Waals surface area (Å²) in [5, 5.41) is 3.96. The number of benzene rings is 2. The van der Waals surface area contributed by atoms with Gasteiger partial charge in [-0.3, -0.25) is 4.98 Å². The highest BCUT2D eigenvalue weighted by atomic mass is 32.1. The van der Waals surface area contributed by atoms with Crippen molar-refractivity contribution >= 4 is 23.0 Å². The molecule has 0 amide bonds. The van der Waals surface area contributed by atoms with E-state index in [0.717, 1.165) is 40.1 Å². The number of alkyl halides is 3. The molecule has 5 nitrogen and oxygen atoms in total. The minimum atomic E-state index is -4.43. The summed E-state index contributed by atoms with van der Waals surface area (Å²) in [5.74, 6) is 0.724. The van der Waals surface area contributed by atoms with Gasteiger partial charge in [0.2, 0.25) is 0 Å². The molecule has 1 aliphatic heterocycles. The van der Waals surface area contributed by atoms with Crippen molar-refractivity contribution in [3.8, 4) is 11.4 Å². The van der Waals surface area contributed by atoms with Gasteiger partial charge in [-0.25, -0.2) is 0 Å². The zero-order valence-corrected chi connectivity index (χ0v) is 21.3. The van der Waals surface area contributed by atoms with Gasteiger partial charge in [-0.15, -0.1) is 0 Å². The molecule has 0 aliphatic carbocycles. The fourth-order valence-electron chi connectivity index (χ4n) is 5.00. The number of aromatic nitrogens is 2. The molecule has 1 saturated heterocycles. The van der Waals surface area contributed by atoms with Crippen LogP contribution in [0, 0.1) is 13.8 Å². The summed E-state index contributed by atoms with van der Waals surface area (Å²) < 4.78 is 47.5. The molecular weight excluding hydrogens is 497 g/mol. The van der Waals surface area contributed by atoms with Gasteiger partial charge in [0.1, 0.15) is 5.75 Å². The Morgan fingerprint density at radius 3 is 2.35 bits per heavy atom. The highest BCUT2D eigenvalue weighted by Gasteiger charge is 2.42. The van der Waals surface area contributed by atoms with Crippen LogP contribution in [0.3, 0.4) is 0 Å². The summed E-state index contributed by atoms with van der Waals surface area (Å²) >= 11 is 5.80. The van der Waals surface area contributed by atoms with E-state index in [1.165, 1.54) is 12.1 Å². The van der Waals surface area contributed by atoms with Crippen molar-refractivity contribution in [1.29, 1.82) is 0 Å². The molecular formula is C28H25F3N4OS. The van der Waals surface area contributed by atoms with Gasteiger partial charge in [-0.1, -0.05) is 12.1 Å². The molecule has 190 valence electrons. The molecule has 0 bridgehead atoms. The Balaban J connectivity index is 1.66. The molecule has 9 heteroatoms.